The molecule has 3 rings (SSSR count). The zero-order valence-electron chi connectivity index (χ0n) is 17.7. The fraction of sp³-hybridized carbons (Fsp3) is 0.182. The van der Waals surface area contributed by atoms with Crippen molar-refractivity contribution in [3.8, 4) is 5.75 Å². The lowest BCUT2D eigenvalue weighted by Gasteiger charge is -2.10. The summed E-state index contributed by atoms with van der Waals surface area (Å²) in [7, 11) is 1.57. The molecule has 3 aromatic rings. The van der Waals surface area contributed by atoms with Crippen LogP contribution in [0.1, 0.15) is 28.9 Å². The fourth-order valence-electron chi connectivity index (χ4n) is 2.73. The van der Waals surface area contributed by atoms with Crippen molar-refractivity contribution in [1.82, 2.24) is 15.4 Å². The second kappa shape index (κ2) is 11.9. The molecule has 0 saturated carbocycles. The second-order valence-electron chi connectivity index (χ2n) is 6.71. The lowest BCUT2D eigenvalue weighted by Crippen LogP contribution is -2.23. The van der Waals surface area contributed by atoms with Gasteiger partial charge >= 0.3 is 0 Å². The second-order valence-corrected chi connectivity index (χ2v) is 8.50. The van der Waals surface area contributed by atoms with Crippen LogP contribution >= 0.6 is 35.6 Å². The minimum absolute atomic E-state index is 0.284. The monoisotopic (exact) mass is 507 g/mol. The zero-order chi connectivity index (χ0) is 23.8. The van der Waals surface area contributed by atoms with Gasteiger partial charge in [0.15, 0.2) is 10.3 Å². The van der Waals surface area contributed by atoms with Gasteiger partial charge in [0, 0.05) is 27.7 Å². The number of halogens is 3. The molecule has 0 bridgehead atoms. The molecule has 0 aliphatic rings. The first-order valence-corrected chi connectivity index (χ1v) is 11.4. The average Bonchev–Trinajstić information content (AvgIpc) is 2.79. The number of aryl methyl sites for hydroxylation is 1. The summed E-state index contributed by atoms with van der Waals surface area (Å²) in [5.41, 5.74) is 5.38. The van der Waals surface area contributed by atoms with Crippen molar-refractivity contribution in [2.45, 2.75) is 24.3 Å². The van der Waals surface area contributed by atoms with Gasteiger partial charge in [-0.1, -0.05) is 23.4 Å². The summed E-state index contributed by atoms with van der Waals surface area (Å²) in [5, 5.41) is 8.39. The van der Waals surface area contributed by atoms with E-state index < -0.39 is 6.43 Å². The summed E-state index contributed by atoms with van der Waals surface area (Å²) < 4.78 is 31.4. The number of hydrazone groups is 1. The largest absolute Gasteiger partial charge is 0.496 e. The van der Waals surface area contributed by atoms with E-state index in [1.807, 2.05) is 18.2 Å². The molecule has 0 unspecified atom stereocenters. The van der Waals surface area contributed by atoms with E-state index in [-0.39, 0.29) is 10.9 Å². The number of thioether (sulfide) groups is 1. The van der Waals surface area contributed by atoms with E-state index in [9.17, 15) is 8.78 Å². The van der Waals surface area contributed by atoms with Gasteiger partial charge in [0.1, 0.15) is 11.4 Å². The summed E-state index contributed by atoms with van der Waals surface area (Å²) in [6, 6.07) is 13.9. The van der Waals surface area contributed by atoms with Crippen molar-refractivity contribution in [3.05, 3.63) is 76.1 Å². The van der Waals surface area contributed by atoms with E-state index >= 15 is 0 Å². The van der Waals surface area contributed by atoms with Gasteiger partial charge in [-0.05, 0) is 73.2 Å². The molecule has 0 amide bonds. The average molecular weight is 508 g/mol. The SMILES string of the molecule is COc1ccc(C=NNC(=S)Nc2ccc(Cl)cc2)cc1CSc1nc(C)cc(C(F)F)n1. The Hall–Kier alpha value is -2.82. The van der Waals surface area contributed by atoms with Gasteiger partial charge < -0.3 is 10.1 Å². The topological polar surface area (TPSA) is 71.4 Å². The first kappa shape index (κ1) is 24.8. The normalized spacial score (nSPS) is 11.1. The Morgan fingerprint density at radius 3 is 2.67 bits per heavy atom. The van der Waals surface area contributed by atoms with E-state index in [2.05, 4.69) is 25.8 Å². The van der Waals surface area contributed by atoms with Crippen molar-refractivity contribution in [2.24, 2.45) is 5.10 Å². The number of anilines is 1. The maximum atomic E-state index is 13.0. The van der Waals surface area contributed by atoms with Gasteiger partial charge in [-0.25, -0.2) is 18.7 Å². The molecule has 11 heteroatoms. The van der Waals surface area contributed by atoms with E-state index in [4.69, 9.17) is 28.6 Å². The van der Waals surface area contributed by atoms with Crippen LogP contribution in [0.2, 0.25) is 5.02 Å². The Bertz CT molecular complexity index is 1150. The number of alkyl halides is 2. The molecule has 2 N–H and O–H groups in total. The summed E-state index contributed by atoms with van der Waals surface area (Å²) >= 11 is 12.3. The van der Waals surface area contributed by atoms with Crippen molar-refractivity contribution in [2.75, 3.05) is 12.4 Å². The highest BCUT2D eigenvalue weighted by atomic mass is 35.5. The highest BCUT2D eigenvalue weighted by Gasteiger charge is 2.13. The molecule has 172 valence electrons. The predicted molar refractivity (Wildman–Crippen MR) is 133 cm³/mol. The van der Waals surface area contributed by atoms with Crippen LogP contribution in [0.3, 0.4) is 0 Å². The number of benzene rings is 2. The van der Waals surface area contributed by atoms with Crippen molar-refractivity contribution in [1.29, 1.82) is 0 Å². The van der Waals surface area contributed by atoms with Crippen LogP contribution < -0.4 is 15.5 Å². The minimum atomic E-state index is -2.65. The first-order chi connectivity index (χ1) is 15.8. The van der Waals surface area contributed by atoms with Crippen molar-refractivity contribution in [3.63, 3.8) is 0 Å². The molecule has 33 heavy (non-hydrogen) atoms. The van der Waals surface area contributed by atoms with Crippen LogP contribution in [-0.2, 0) is 5.75 Å². The van der Waals surface area contributed by atoms with Crippen LogP contribution in [0.4, 0.5) is 14.5 Å². The Labute approximate surface area is 204 Å². The fourth-order valence-corrected chi connectivity index (χ4v) is 3.92. The molecule has 2 aromatic carbocycles. The highest BCUT2D eigenvalue weighted by molar-refractivity contribution is 7.98. The van der Waals surface area contributed by atoms with Gasteiger partial charge in [0.25, 0.3) is 6.43 Å². The summed E-state index contributed by atoms with van der Waals surface area (Å²) in [5.74, 6) is 1.09. The lowest BCUT2D eigenvalue weighted by molar-refractivity contribution is 0.145. The van der Waals surface area contributed by atoms with Gasteiger partial charge in [-0.15, -0.1) is 0 Å². The molecule has 0 saturated heterocycles. The number of methoxy groups -OCH3 is 1. The Morgan fingerprint density at radius 1 is 1.21 bits per heavy atom. The quantitative estimate of drug-likeness (QED) is 0.127. The molecule has 0 fully saturated rings. The third kappa shape index (κ3) is 7.62. The lowest BCUT2D eigenvalue weighted by atomic mass is 10.1. The zero-order valence-corrected chi connectivity index (χ0v) is 20.1. The van der Waals surface area contributed by atoms with Gasteiger partial charge in [-0.3, -0.25) is 5.43 Å². The van der Waals surface area contributed by atoms with Crippen LogP contribution in [0.15, 0.2) is 58.8 Å². The molecule has 0 radical (unpaired) electrons. The van der Waals surface area contributed by atoms with Crippen LogP contribution in [0.25, 0.3) is 0 Å². The van der Waals surface area contributed by atoms with E-state index in [1.54, 1.807) is 44.5 Å². The molecule has 0 atom stereocenters. The molecular formula is C22H20ClF2N5OS2. The summed E-state index contributed by atoms with van der Waals surface area (Å²) in [6.45, 7) is 1.66. The number of thiocarbonyl (C=S) groups is 1. The number of ether oxygens (including phenoxy) is 1. The van der Waals surface area contributed by atoms with Gasteiger partial charge in [-0.2, -0.15) is 5.10 Å². The van der Waals surface area contributed by atoms with Gasteiger partial charge in [0.05, 0.1) is 13.3 Å². The van der Waals surface area contributed by atoms with E-state index in [1.165, 1.54) is 17.8 Å². The Balaban J connectivity index is 1.64. The molecule has 0 aliphatic carbocycles. The third-order valence-corrected chi connectivity index (χ3v) is 5.56. The summed E-state index contributed by atoms with van der Waals surface area (Å²) in [4.78, 5) is 8.16. The summed E-state index contributed by atoms with van der Waals surface area (Å²) in [6.07, 6.45) is -1.03. The Kier molecular flexibility index (Phi) is 8.93. The van der Waals surface area contributed by atoms with Gasteiger partial charge in [0.2, 0.25) is 0 Å². The van der Waals surface area contributed by atoms with Crippen LogP contribution in [0.5, 0.6) is 5.75 Å². The molecule has 0 spiro atoms. The molecule has 1 aromatic heterocycles. The molecule has 1 heterocycles. The number of nitrogens with one attached hydrogen (secondary N) is 2. The maximum Gasteiger partial charge on any atom is 0.280 e. The standard InChI is InChI=1S/C22H20ClF2N5OS2/c1-13-9-18(20(24)25)29-22(27-13)33-12-15-10-14(3-8-19(15)31-2)11-26-30-21(32)28-17-6-4-16(23)5-7-17/h3-11,20H,12H2,1-2H3,(H2,28,30,32). The molecule has 0 aliphatic heterocycles. The minimum Gasteiger partial charge on any atom is -0.496 e. The maximum absolute atomic E-state index is 13.0. The third-order valence-electron chi connectivity index (χ3n) is 4.22. The smallest absolute Gasteiger partial charge is 0.280 e. The number of rotatable bonds is 8. The highest BCUT2D eigenvalue weighted by Crippen LogP contribution is 2.28. The molecule has 6 nitrogen and oxygen atoms in total. The number of hydrogen-bond acceptors (Lipinski definition) is 6. The van der Waals surface area contributed by atoms with Crippen molar-refractivity contribution >= 4 is 52.6 Å². The van der Waals surface area contributed by atoms with Crippen LogP contribution in [0, 0.1) is 6.92 Å². The Morgan fingerprint density at radius 2 is 1.97 bits per heavy atom. The number of hydrogen-bond donors (Lipinski definition) is 2. The van der Waals surface area contributed by atoms with Crippen LogP contribution in [-0.4, -0.2) is 28.4 Å². The predicted octanol–water partition coefficient (Wildman–Crippen LogP) is 6.00. The number of aromatic nitrogens is 2. The number of nitrogens with zero attached hydrogens (tertiary/aromatic N) is 3. The molecular weight excluding hydrogens is 488 g/mol. The first-order valence-electron chi connectivity index (χ1n) is 9.63. The van der Waals surface area contributed by atoms with E-state index in [0.29, 0.717) is 27.3 Å². The van der Waals surface area contributed by atoms with Crippen molar-refractivity contribution < 1.29 is 13.5 Å². The van der Waals surface area contributed by atoms with E-state index in [0.717, 1.165) is 16.8 Å².